The molecule has 1 N–H and O–H groups in total. The van der Waals surface area contributed by atoms with E-state index in [1.807, 2.05) is 6.07 Å². The van der Waals surface area contributed by atoms with Gasteiger partial charge in [-0.15, -0.1) is 0 Å². The summed E-state index contributed by atoms with van der Waals surface area (Å²) in [5.41, 5.74) is 2.04. The Morgan fingerprint density at radius 3 is 2.58 bits per heavy atom. The van der Waals surface area contributed by atoms with Crippen molar-refractivity contribution in [3.05, 3.63) is 29.6 Å². The molecule has 0 radical (unpaired) electrons. The van der Waals surface area contributed by atoms with Crippen molar-refractivity contribution in [1.29, 1.82) is 0 Å². The lowest BCUT2D eigenvalue weighted by Gasteiger charge is -2.24. The van der Waals surface area contributed by atoms with Crippen LogP contribution in [0.4, 0.5) is 0 Å². The number of aromatic nitrogens is 2. The number of carboxylic acid groups (broad SMARTS) is 1. The Kier molecular flexibility index (Phi) is 2.46. The summed E-state index contributed by atoms with van der Waals surface area (Å²) in [5.74, 6) is 0.751. The number of carboxylic acids is 1. The minimum absolute atomic E-state index is 0.0935. The number of benzene rings is 1. The van der Waals surface area contributed by atoms with E-state index in [2.05, 4.69) is 25.3 Å². The van der Waals surface area contributed by atoms with Crippen molar-refractivity contribution >= 4 is 17.0 Å². The maximum atomic E-state index is 11.1. The molecular formula is C15H18N2O2. The fourth-order valence-electron chi connectivity index (χ4n) is 2.55. The van der Waals surface area contributed by atoms with Crippen LogP contribution in [0.2, 0.25) is 0 Å². The minimum atomic E-state index is -0.892. The van der Waals surface area contributed by atoms with Gasteiger partial charge in [0, 0.05) is 11.5 Å². The van der Waals surface area contributed by atoms with Gasteiger partial charge in [0.1, 0.15) is 5.82 Å². The highest BCUT2D eigenvalue weighted by Crippen LogP contribution is 2.42. The van der Waals surface area contributed by atoms with Gasteiger partial charge in [0.15, 0.2) is 0 Å². The average molecular weight is 258 g/mol. The molecule has 1 fully saturated rings. The number of fused-ring (bicyclic) bond motifs is 1. The maximum Gasteiger partial charge on any atom is 0.335 e. The molecule has 19 heavy (non-hydrogen) atoms. The summed E-state index contributed by atoms with van der Waals surface area (Å²) in [6.45, 7) is 6.40. The first kappa shape index (κ1) is 12.2. The van der Waals surface area contributed by atoms with Crippen LogP contribution in [-0.2, 0) is 5.54 Å². The lowest BCUT2D eigenvalue weighted by molar-refractivity contribution is 0.0697. The molecule has 1 aliphatic rings. The molecule has 1 aromatic heterocycles. The highest BCUT2D eigenvalue weighted by molar-refractivity contribution is 5.92. The van der Waals surface area contributed by atoms with Crippen LogP contribution in [0.15, 0.2) is 18.2 Å². The van der Waals surface area contributed by atoms with Crippen molar-refractivity contribution in [3.8, 4) is 0 Å². The van der Waals surface area contributed by atoms with E-state index < -0.39 is 5.97 Å². The summed E-state index contributed by atoms with van der Waals surface area (Å²) in [4.78, 5) is 15.8. The van der Waals surface area contributed by atoms with Crippen molar-refractivity contribution in [2.45, 2.75) is 45.1 Å². The maximum absolute atomic E-state index is 11.1. The molecule has 2 aromatic rings. The molecule has 1 heterocycles. The topological polar surface area (TPSA) is 55.1 Å². The second-order valence-electron chi connectivity index (χ2n) is 6.26. The van der Waals surface area contributed by atoms with E-state index >= 15 is 0 Å². The van der Waals surface area contributed by atoms with Gasteiger partial charge in [0.25, 0.3) is 0 Å². The number of carbonyl (C=O) groups is 1. The zero-order valence-corrected chi connectivity index (χ0v) is 11.5. The molecule has 1 aromatic carbocycles. The van der Waals surface area contributed by atoms with E-state index in [0.29, 0.717) is 11.5 Å². The predicted molar refractivity (Wildman–Crippen MR) is 73.7 cm³/mol. The lowest BCUT2D eigenvalue weighted by atomic mass is 10.1. The van der Waals surface area contributed by atoms with Crippen molar-refractivity contribution in [3.63, 3.8) is 0 Å². The SMILES string of the molecule is CC(C)(C)n1c(C2CC2)nc2ccc(C(=O)O)cc21. The van der Waals surface area contributed by atoms with Gasteiger partial charge in [-0.1, -0.05) is 0 Å². The second kappa shape index (κ2) is 3.83. The summed E-state index contributed by atoms with van der Waals surface area (Å²) in [5, 5.41) is 9.14. The van der Waals surface area contributed by atoms with Gasteiger partial charge < -0.3 is 9.67 Å². The molecular weight excluding hydrogens is 240 g/mol. The van der Waals surface area contributed by atoms with Gasteiger partial charge >= 0.3 is 5.97 Å². The Morgan fingerprint density at radius 2 is 2.05 bits per heavy atom. The number of hydrogen-bond donors (Lipinski definition) is 1. The molecule has 0 atom stereocenters. The van der Waals surface area contributed by atoms with Crippen LogP contribution in [0.5, 0.6) is 0 Å². The summed E-state index contributed by atoms with van der Waals surface area (Å²) in [7, 11) is 0. The second-order valence-corrected chi connectivity index (χ2v) is 6.26. The van der Waals surface area contributed by atoms with Gasteiger partial charge in [0.05, 0.1) is 16.6 Å². The fourth-order valence-corrected chi connectivity index (χ4v) is 2.55. The third-order valence-electron chi connectivity index (χ3n) is 3.54. The zero-order valence-electron chi connectivity index (χ0n) is 11.5. The van der Waals surface area contributed by atoms with Crippen molar-refractivity contribution in [2.24, 2.45) is 0 Å². The van der Waals surface area contributed by atoms with Gasteiger partial charge in [-0.2, -0.15) is 0 Å². The Hall–Kier alpha value is -1.84. The third kappa shape index (κ3) is 2.01. The van der Waals surface area contributed by atoms with E-state index in [-0.39, 0.29) is 5.54 Å². The largest absolute Gasteiger partial charge is 0.478 e. The van der Waals surface area contributed by atoms with E-state index in [1.165, 1.54) is 12.8 Å². The molecule has 0 unspecified atom stereocenters. The first-order valence-electron chi connectivity index (χ1n) is 6.64. The number of aromatic carboxylic acids is 1. The number of imidazole rings is 1. The van der Waals surface area contributed by atoms with Crippen molar-refractivity contribution in [1.82, 2.24) is 9.55 Å². The molecule has 4 nitrogen and oxygen atoms in total. The van der Waals surface area contributed by atoms with E-state index in [1.54, 1.807) is 12.1 Å². The molecule has 4 heteroatoms. The van der Waals surface area contributed by atoms with Crippen molar-refractivity contribution < 1.29 is 9.90 Å². The molecule has 0 amide bonds. The lowest BCUT2D eigenvalue weighted by Crippen LogP contribution is -2.23. The molecule has 1 aliphatic carbocycles. The zero-order chi connectivity index (χ0) is 13.8. The fraction of sp³-hybridized carbons (Fsp3) is 0.467. The highest BCUT2D eigenvalue weighted by atomic mass is 16.4. The number of nitrogens with zero attached hydrogens (tertiary/aromatic N) is 2. The normalized spacial score (nSPS) is 15.9. The Bertz CT molecular complexity index is 661. The van der Waals surface area contributed by atoms with Gasteiger partial charge in [-0.3, -0.25) is 0 Å². The standard InChI is InChI=1S/C15H18N2O2/c1-15(2,3)17-12-8-10(14(18)19)6-7-11(12)16-13(17)9-4-5-9/h6-9H,4-5H2,1-3H3,(H,18,19). The first-order valence-corrected chi connectivity index (χ1v) is 6.64. The summed E-state index contributed by atoms with van der Waals surface area (Å²) < 4.78 is 2.20. The smallest absolute Gasteiger partial charge is 0.335 e. The van der Waals surface area contributed by atoms with E-state index in [9.17, 15) is 4.79 Å². The van der Waals surface area contributed by atoms with Gasteiger partial charge in [-0.05, 0) is 51.8 Å². The summed E-state index contributed by atoms with van der Waals surface area (Å²) in [6, 6.07) is 5.18. The summed E-state index contributed by atoms with van der Waals surface area (Å²) >= 11 is 0. The number of rotatable bonds is 2. The Labute approximate surface area is 112 Å². The van der Waals surface area contributed by atoms with Gasteiger partial charge in [-0.25, -0.2) is 9.78 Å². The quantitative estimate of drug-likeness (QED) is 0.898. The van der Waals surface area contributed by atoms with Crippen LogP contribution in [0.25, 0.3) is 11.0 Å². The Morgan fingerprint density at radius 1 is 1.37 bits per heavy atom. The molecule has 0 bridgehead atoms. The van der Waals surface area contributed by atoms with E-state index in [4.69, 9.17) is 10.1 Å². The van der Waals surface area contributed by atoms with Crippen LogP contribution in [0.1, 0.15) is 55.7 Å². The average Bonchev–Trinajstić information content (AvgIpc) is 3.06. The predicted octanol–water partition coefficient (Wildman–Crippen LogP) is 3.37. The molecule has 0 spiro atoms. The minimum Gasteiger partial charge on any atom is -0.478 e. The molecule has 100 valence electrons. The third-order valence-corrected chi connectivity index (χ3v) is 3.54. The van der Waals surface area contributed by atoms with Crippen LogP contribution in [0.3, 0.4) is 0 Å². The summed E-state index contributed by atoms with van der Waals surface area (Å²) in [6.07, 6.45) is 2.37. The van der Waals surface area contributed by atoms with Crippen LogP contribution < -0.4 is 0 Å². The number of hydrogen-bond acceptors (Lipinski definition) is 2. The molecule has 0 aliphatic heterocycles. The first-order chi connectivity index (χ1) is 8.88. The Balaban J connectivity index is 2.29. The highest BCUT2D eigenvalue weighted by Gasteiger charge is 2.33. The molecule has 3 rings (SSSR count). The van der Waals surface area contributed by atoms with Crippen LogP contribution in [-0.4, -0.2) is 20.6 Å². The van der Waals surface area contributed by atoms with Gasteiger partial charge in [0.2, 0.25) is 0 Å². The van der Waals surface area contributed by atoms with E-state index in [0.717, 1.165) is 16.9 Å². The van der Waals surface area contributed by atoms with Crippen molar-refractivity contribution in [2.75, 3.05) is 0 Å². The van der Waals surface area contributed by atoms with Crippen LogP contribution in [0, 0.1) is 0 Å². The molecule has 0 saturated heterocycles. The van der Waals surface area contributed by atoms with Crippen LogP contribution >= 0.6 is 0 Å². The molecule has 1 saturated carbocycles. The monoisotopic (exact) mass is 258 g/mol.